The van der Waals surface area contributed by atoms with E-state index >= 15 is 0 Å². The molecule has 2 aromatic carbocycles. The third-order valence-electron chi connectivity index (χ3n) is 3.33. The van der Waals surface area contributed by atoms with Gasteiger partial charge >= 0.3 is 0 Å². The highest BCUT2D eigenvalue weighted by Gasteiger charge is 2.20. The second-order valence-electron chi connectivity index (χ2n) is 4.90. The first-order chi connectivity index (χ1) is 10.6. The van der Waals surface area contributed by atoms with Crippen LogP contribution >= 0.6 is 24.0 Å². The highest BCUT2D eigenvalue weighted by Crippen LogP contribution is 2.26. The molecule has 3 aromatic rings. The highest BCUT2D eigenvalue weighted by atomic mass is 35.5. The van der Waals surface area contributed by atoms with Gasteiger partial charge in [-0.15, -0.1) is 12.4 Å². The third kappa shape index (κ3) is 3.52. The van der Waals surface area contributed by atoms with Crippen molar-refractivity contribution in [1.29, 1.82) is 0 Å². The monoisotopic (exact) mass is 352 g/mol. The van der Waals surface area contributed by atoms with Crippen LogP contribution in [0.15, 0.2) is 48.5 Å². The second kappa shape index (κ2) is 7.08. The van der Waals surface area contributed by atoms with Gasteiger partial charge in [0.25, 0.3) is 0 Å². The summed E-state index contributed by atoms with van der Waals surface area (Å²) in [6.45, 7) is 1.78. The van der Waals surface area contributed by atoms with Crippen LogP contribution in [0.3, 0.4) is 0 Å². The molecule has 7 heteroatoms. The molecule has 3 rings (SSSR count). The van der Waals surface area contributed by atoms with Crippen LogP contribution in [0.5, 0.6) is 0 Å². The molecule has 0 saturated carbocycles. The number of nitrogens with zero attached hydrogens (tertiary/aromatic N) is 3. The number of rotatable bonds is 3. The lowest BCUT2D eigenvalue weighted by Crippen LogP contribution is -2.18. The van der Waals surface area contributed by atoms with Gasteiger partial charge in [-0.1, -0.05) is 29.8 Å². The first-order valence-electron chi connectivity index (χ1n) is 6.76. The van der Waals surface area contributed by atoms with Gasteiger partial charge in [-0.2, -0.15) is 5.10 Å². The fourth-order valence-corrected chi connectivity index (χ4v) is 2.52. The molecule has 23 heavy (non-hydrogen) atoms. The molecule has 0 unspecified atom stereocenters. The molecule has 0 saturated heterocycles. The Bertz CT molecular complexity index is 802. The van der Waals surface area contributed by atoms with Crippen LogP contribution in [-0.4, -0.2) is 14.8 Å². The third-order valence-corrected chi connectivity index (χ3v) is 3.67. The maximum atomic E-state index is 13.1. The number of aryl methyl sites for hydroxylation is 1. The Balaban J connectivity index is 0.00000192. The van der Waals surface area contributed by atoms with E-state index in [0.717, 1.165) is 5.56 Å². The van der Waals surface area contributed by atoms with Gasteiger partial charge in [0.1, 0.15) is 11.6 Å². The molecule has 1 aromatic heterocycles. The van der Waals surface area contributed by atoms with E-state index in [1.807, 2.05) is 18.2 Å². The number of benzene rings is 2. The first kappa shape index (κ1) is 17.4. The first-order valence-corrected chi connectivity index (χ1v) is 7.13. The molecular formula is C16H15Cl2FN4. The summed E-state index contributed by atoms with van der Waals surface area (Å²) in [6, 6.07) is 12.8. The fourth-order valence-electron chi connectivity index (χ4n) is 2.27. The Morgan fingerprint density at radius 3 is 2.43 bits per heavy atom. The molecule has 0 aliphatic rings. The molecule has 4 nitrogen and oxygen atoms in total. The van der Waals surface area contributed by atoms with Crippen LogP contribution < -0.4 is 5.73 Å². The van der Waals surface area contributed by atoms with Crippen molar-refractivity contribution in [1.82, 2.24) is 14.8 Å². The zero-order valence-corrected chi connectivity index (χ0v) is 13.9. The standard InChI is InChI=1S/C16H14ClFN4.ClH/c1-10-20-16(15(19)13-4-2-3-5-14(13)17)22(21-10)12-8-6-11(18)7-9-12;/h2-9,15H,19H2,1H3;1H/t15-;/m0./s1. The molecule has 0 aliphatic carbocycles. The van der Waals surface area contributed by atoms with Gasteiger partial charge in [-0.3, -0.25) is 0 Å². The molecule has 0 amide bonds. The van der Waals surface area contributed by atoms with E-state index in [-0.39, 0.29) is 18.2 Å². The van der Waals surface area contributed by atoms with Crippen molar-refractivity contribution in [2.75, 3.05) is 0 Å². The van der Waals surface area contributed by atoms with Gasteiger partial charge < -0.3 is 5.73 Å². The summed E-state index contributed by atoms with van der Waals surface area (Å²) in [6.07, 6.45) is 0. The number of nitrogens with two attached hydrogens (primary N) is 1. The van der Waals surface area contributed by atoms with Crippen molar-refractivity contribution in [2.24, 2.45) is 5.73 Å². The van der Waals surface area contributed by atoms with Crippen molar-refractivity contribution in [3.8, 4) is 5.69 Å². The average molecular weight is 353 g/mol. The van der Waals surface area contributed by atoms with Crippen LogP contribution in [-0.2, 0) is 0 Å². The molecule has 0 radical (unpaired) electrons. The SMILES string of the molecule is Cc1nc([C@@H](N)c2ccccc2Cl)n(-c2ccc(F)cc2)n1.Cl. The summed E-state index contributed by atoms with van der Waals surface area (Å²) < 4.78 is 14.7. The van der Waals surface area contributed by atoms with E-state index in [9.17, 15) is 4.39 Å². The van der Waals surface area contributed by atoms with E-state index < -0.39 is 6.04 Å². The van der Waals surface area contributed by atoms with E-state index in [0.29, 0.717) is 22.4 Å². The molecule has 0 spiro atoms. The van der Waals surface area contributed by atoms with Gasteiger partial charge in [0, 0.05) is 5.02 Å². The minimum atomic E-state index is -0.528. The number of halogens is 3. The van der Waals surface area contributed by atoms with Gasteiger partial charge in [-0.05, 0) is 42.8 Å². The number of hydrogen-bond acceptors (Lipinski definition) is 3. The van der Waals surface area contributed by atoms with Crippen molar-refractivity contribution >= 4 is 24.0 Å². The predicted octanol–water partition coefficient (Wildman–Crippen LogP) is 3.84. The summed E-state index contributed by atoms with van der Waals surface area (Å²) in [4.78, 5) is 4.40. The lowest BCUT2D eigenvalue weighted by molar-refractivity contribution is 0.626. The van der Waals surface area contributed by atoms with E-state index in [1.165, 1.54) is 12.1 Å². The largest absolute Gasteiger partial charge is 0.318 e. The molecule has 0 aliphatic heterocycles. The lowest BCUT2D eigenvalue weighted by Gasteiger charge is -2.14. The summed E-state index contributed by atoms with van der Waals surface area (Å²) in [5, 5.41) is 4.92. The Hall–Kier alpha value is -1.95. The van der Waals surface area contributed by atoms with Gasteiger partial charge in [0.05, 0.1) is 11.7 Å². The molecule has 1 atom stereocenters. The lowest BCUT2D eigenvalue weighted by atomic mass is 10.1. The molecule has 0 fully saturated rings. The van der Waals surface area contributed by atoms with Gasteiger partial charge in [-0.25, -0.2) is 14.1 Å². The van der Waals surface area contributed by atoms with Crippen molar-refractivity contribution < 1.29 is 4.39 Å². The van der Waals surface area contributed by atoms with Crippen LogP contribution in [0.2, 0.25) is 5.02 Å². The average Bonchev–Trinajstić information content (AvgIpc) is 2.90. The second-order valence-corrected chi connectivity index (χ2v) is 5.31. The van der Waals surface area contributed by atoms with Crippen molar-refractivity contribution in [2.45, 2.75) is 13.0 Å². The van der Waals surface area contributed by atoms with E-state index in [4.69, 9.17) is 17.3 Å². The van der Waals surface area contributed by atoms with Crippen molar-refractivity contribution in [3.05, 3.63) is 76.6 Å². The smallest absolute Gasteiger partial charge is 0.154 e. The van der Waals surface area contributed by atoms with Crippen LogP contribution in [0, 0.1) is 12.7 Å². The maximum Gasteiger partial charge on any atom is 0.154 e. The van der Waals surface area contributed by atoms with Gasteiger partial charge in [0.2, 0.25) is 0 Å². The Morgan fingerprint density at radius 2 is 1.78 bits per heavy atom. The molecule has 1 heterocycles. The predicted molar refractivity (Wildman–Crippen MR) is 90.8 cm³/mol. The molecule has 120 valence electrons. The number of hydrogen-bond donors (Lipinski definition) is 1. The highest BCUT2D eigenvalue weighted by molar-refractivity contribution is 6.31. The zero-order valence-electron chi connectivity index (χ0n) is 12.3. The Kier molecular flexibility index (Phi) is 5.36. The maximum absolute atomic E-state index is 13.1. The Morgan fingerprint density at radius 1 is 1.13 bits per heavy atom. The Labute approximate surface area is 144 Å². The normalized spacial score (nSPS) is 11.8. The molecule has 2 N–H and O–H groups in total. The van der Waals surface area contributed by atoms with E-state index in [2.05, 4.69) is 10.1 Å². The number of aromatic nitrogens is 3. The van der Waals surface area contributed by atoms with Crippen LogP contribution in [0.1, 0.15) is 23.3 Å². The van der Waals surface area contributed by atoms with Gasteiger partial charge in [0.15, 0.2) is 5.82 Å². The van der Waals surface area contributed by atoms with Crippen LogP contribution in [0.25, 0.3) is 5.69 Å². The van der Waals surface area contributed by atoms with E-state index in [1.54, 1.807) is 29.8 Å². The summed E-state index contributed by atoms with van der Waals surface area (Å²) in [5.41, 5.74) is 7.77. The minimum Gasteiger partial charge on any atom is -0.318 e. The summed E-state index contributed by atoms with van der Waals surface area (Å²) >= 11 is 6.21. The van der Waals surface area contributed by atoms with Crippen molar-refractivity contribution in [3.63, 3.8) is 0 Å². The topological polar surface area (TPSA) is 56.7 Å². The summed E-state index contributed by atoms with van der Waals surface area (Å²) in [5.74, 6) is 0.830. The zero-order chi connectivity index (χ0) is 15.7. The summed E-state index contributed by atoms with van der Waals surface area (Å²) in [7, 11) is 0. The fraction of sp³-hybridized carbons (Fsp3) is 0.125. The minimum absolute atomic E-state index is 0. The molecule has 0 bridgehead atoms. The van der Waals surface area contributed by atoms with Crippen LogP contribution in [0.4, 0.5) is 4.39 Å². The molecular weight excluding hydrogens is 338 g/mol. The quantitative estimate of drug-likeness (QED) is 0.778.